The smallest absolute Gasteiger partial charge is 0.229 e. The summed E-state index contributed by atoms with van der Waals surface area (Å²) in [5.41, 5.74) is 5.34. The first kappa shape index (κ1) is 16.2. The number of anilines is 1. The highest BCUT2D eigenvalue weighted by molar-refractivity contribution is 7.94. The maximum atomic E-state index is 12.3. The summed E-state index contributed by atoms with van der Waals surface area (Å²) in [7, 11) is -3.82. The molecule has 7 nitrogen and oxygen atoms in total. The molecule has 0 fully saturated rings. The molecule has 118 valence electrons. The summed E-state index contributed by atoms with van der Waals surface area (Å²) in [6.07, 6.45) is 0. The van der Waals surface area contributed by atoms with Gasteiger partial charge >= 0.3 is 0 Å². The van der Waals surface area contributed by atoms with E-state index in [9.17, 15) is 8.42 Å². The van der Waals surface area contributed by atoms with Crippen molar-refractivity contribution in [3.63, 3.8) is 0 Å². The van der Waals surface area contributed by atoms with Crippen molar-refractivity contribution in [3.05, 3.63) is 46.3 Å². The van der Waals surface area contributed by atoms with Gasteiger partial charge < -0.3 is 21.0 Å². The van der Waals surface area contributed by atoms with E-state index in [1.807, 2.05) is 6.92 Å². The number of quaternary nitrogens is 1. The zero-order valence-electron chi connectivity index (χ0n) is 12.6. The monoisotopic (exact) mass is 321 g/mol. The Morgan fingerprint density at radius 1 is 1.18 bits per heavy atom. The van der Waals surface area contributed by atoms with Gasteiger partial charge in [0.25, 0.3) is 0 Å². The Kier molecular flexibility index (Phi) is 4.94. The first-order chi connectivity index (χ1) is 10.4. The molecule has 0 bridgehead atoms. The van der Waals surface area contributed by atoms with Gasteiger partial charge in [0, 0.05) is 5.95 Å². The molecule has 2 rings (SSSR count). The lowest BCUT2D eigenvalue weighted by Gasteiger charge is -2.17. The van der Waals surface area contributed by atoms with Gasteiger partial charge in [0.15, 0.2) is 0 Å². The van der Waals surface area contributed by atoms with Crippen molar-refractivity contribution >= 4 is 21.8 Å². The van der Waals surface area contributed by atoms with E-state index in [0.29, 0.717) is 24.6 Å². The highest BCUT2D eigenvalue weighted by atomic mass is 32.2. The fourth-order valence-corrected chi connectivity index (χ4v) is 2.65. The van der Waals surface area contributed by atoms with Crippen LogP contribution in [0, 0.1) is 13.8 Å². The molecule has 22 heavy (non-hydrogen) atoms. The van der Waals surface area contributed by atoms with Gasteiger partial charge in [-0.15, -0.1) is 0 Å². The van der Waals surface area contributed by atoms with Crippen LogP contribution in [0.4, 0.5) is 11.8 Å². The number of hydrogen-bond donors (Lipinski definition) is 2. The number of nitrogens with zero attached hydrogens (tertiary/aromatic N) is 3. The minimum atomic E-state index is -3.82. The molecule has 0 aliphatic rings. The number of sulfonamides is 1. The average molecular weight is 321 g/mol. The maximum Gasteiger partial charge on any atom is 0.229 e. The van der Waals surface area contributed by atoms with Crippen LogP contribution < -0.4 is 11.1 Å². The first-order valence-electron chi connectivity index (χ1n) is 6.84. The summed E-state index contributed by atoms with van der Waals surface area (Å²) in [4.78, 5) is 8.28. The third-order valence-electron chi connectivity index (χ3n) is 2.85. The standard InChI is InChI=1S/C14H18N5O2S/c1-10-3-5-12(6-4-10)22(20,21)19-14-17-11(2)9-13(18-14)16-8-7-15/h3-6,9H,7-8,15H2,1-2H3,(H-,16,17,18,19)/q-1/p+1. The molecule has 0 saturated carbocycles. The Balaban J connectivity index is 2.25. The third kappa shape index (κ3) is 4.15. The van der Waals surface area contributed by atoms with Gasteiger partial charge in [-0.1, -0.05) is 17.7 Å². The van der Waals surface area contributed by atoms with Crippen LogP contribution in [-0.2, 0) is 10.0 Å². The molecule has 0 unspecified atom stereocenters. The van der Waals surface area contributed by atoms with Crippen molar-refractivity contribution in [2.45, 2.75) is 18.7 Å². The van der Waals surface area contributed by atoms with Crippen molar-refractivity contribution in [2.24, 2.45) is 0 Å². The molecule has 0 atom stereocenters. The lowest BCUT2D eigenvalue weighted by Crippen LogP contribution is -2.53. The second-order valence-electron chi connectivity index (χ2n) is 4.85. The molecular weight excluding hydrogens is 302 g/mol. The van der Waals surface area contributed by atoms with Crippen LogP contribution in [0.5, 0.6) is 0 Å². The van der Waals surface area contributed by atoms with Crippen LogP contribution >= 0.6 is 0 Å². The van der Waals surface area contributed by atoms with Gasteiger partial charge in [-0.2, -0.15) is 0 Å². The van der Waals surface area contributed by atoms with Crippen molar-refractivity contribution in [1.82, 2.24) is 9.97 Å². The second-order valence-corrected chi connectivity index (χ2v) is 6.46. The highest BCUT2D eigenvalue weighted by Gasteiger charge is 2.11. The normalized spacial score (nSPS) is 11.2. The van der Waals surface area contributed by atoms with E-state index in [0.717, 1.165) is 5.56 Å². The minimum Gasteiger partial charge on any atom is -0.377 e. The van der Waals surface area contributed by atoms with Crippen LogP contribution in [0.15, 0.2) is 35.2 Å². The zero-order chi connectivity index (χ0) is 16.2. The Labute approximate surface area is 130 Å². The summed E-state index contributed by atoms with van der Waals surface area (Å²) in [5.74, 6) is 0.459. The molecule has 0 spiro atoms. The fraction of sp³-hybridized carbons (Fsp3) is 0.286. The van der Waals surface area contributed by atoms with E-state index in [4.69, 9.17) is 0 Å². The Bertz CT molecular complexity index is 744. The summed E-state index contributed by atoms with van der Waals surface area (Å²) >= 11 is 0. The second kappa shape index (κ2) is 6.71. The predicted octanol–water partition coefficient (Wildman–Crippen LogP) is 1.14. The van der Waals surface area contributed by atoms with Gasteiger partial charge in [0.05, 0.1) is 23.8 Å². The number of aromatic nitrogens is 2. The summed E-state index contributed by atoms with van der Waals surface area (Å²) in [6, 6.07) is 8.21. The third-order valence-corrected chi connectivity index (χ3v) is 4.12. The van der Waals surface area contributed by atoms with Crippen LogP contribution in [0.1, 0.15) is 11.3 Å². The molecule has 4 N–H and O–H groups in total. The lowest BCUT2D eigenvalue weighted by molar-refractivity contribution is -0.362. The number of rotatable bonds is 6. The zero-order valence-corrected chi connectivity index (χ0v) is 13.4. The van der Waals surface area contributed by atoms with E-state index in [2.05, 4.69) is 25.7 Å². The number of benzene rings is 1. The average Bonchev–Trinajstić information content (AvgIpc) is 2.44. The van der Waals surface area contributed by atoms with Crippen LogP contribution in [0.25, 0.3) is 4.72 Å². The lowest BCUT2D eigenvalue weighted by atomic mass is 10.2. The summed E-state index contributed by atoms with van der Waals surface area (Å²) < 4.78 is 28.3. The van der Waals surface area contributed by atoms with Crippen molar-refractivity contribution < 1.29 is 14.2 Å². The summed E-state index contributed by atoms with van der Waals surface area (Å²) in [5, 5.41) is 3.04. The Hall–Kier alpha value is -2.19. The van der Waals surface area contributed by atoms with Gasteiger partial charge in [0.1, 0.15) is 0 Å². The minimum absolute atomic E-state index is 0.0767. The van der Waals surface area contributed by atoms with E-state index in [1.54, 1.807) is 25.1 Å². The van der Waals surface area contributed by atoms with Gasteiger partial charge in [0.2, 0.25) is 10.0 Å². The molecular formula is C14H19N5O2S. The van der Waals surface area contributed by atoms with E-state index in [1.165, 1.54) is 12.1 Å². The van der Waals surface area contributed by atoms with Crippen molar-refractivity contribution in [3.8, 4) is 0 Å². The molecule has 0 aliphatic carbocycles. The highest BCUT2D eigenvalue weighted by Crippen LogP contribution is 2.25. The van der Waals surface area contributed by atoms with E-state index >= 15 is 0 Å². The van der Waals surface area contributed by atoms with Gasteiger partial charge in [-0.3, -0.25) is 4.72 Å². The first-order valence-corrected chi connectivity index (χ1v) is 8.28. The molecule has 1 aromatic carbocycles. The maximum absolute atomic E-state index is 12.3. The Morgan fingerprint density at radius 2 is 1.86 bits per heavy atom. The van der Waals surface area contributed by atoms with Gasteiger partial charge in [-0.05, 0) is 37.7 Å². The van der Waals surface area contributed by atoms with E-state index in [-0.39, 0.29) is 10.8 Å². The van der Waals surface area contributed by atoms with Crippen molar-refractivity contribution in [2.75, 3.05) is 18.4 Å². The fourth-order valence-electron chi connectivity index (χ4n) is 1.77. The molecule has 0 amide bonds. The number of aryl methyl sites for hydroxylation is 2. The molecule has 0 aliphatic heterocycles. The molecule has 2 aromatic rings. The predicted molar refractivity (Wildman–Crippen MR) is 84.4 cm³/mol. The van der Waals surface area contributed by atoms with Crippen LogP contribution in [0.2, 0.25) is 0 Å². The number of hydrogen-bond acceptors (Lipinski definition) is 5. The topological polar surface area (TPSA) is 114 Å². The van der Waals surface area contributed by atoms with Crippen LogP contribution in [0.3, 0.4) is 0 Å². The quantitative estimate of drug-likeness (QED) is 0.828. The largest absolute Gasteiger partial charge is 0.377 e. The summed E-state index contributed by atoms with van der Waals surface area (Å²) in [6.45, 7) is 4.98. The Morgan fingerprint density at radius 3 is 2.50 bits per heavy atom. The molecule has 1 aromatic heterocycles. The molecule has 0 saturated heterocycles. The molecule has 8 heteroatoms. The van der Waals surface area contributed by atoms with Gasteiger partial charge in [-0.25, -0.2) is 8.42 Å². The molecule has 0 radical (unpaired) electrons. The van der Waals surface area contributed by atoms with Crippen LogP contribution in [-0.4, -0.2) is 31.5 Å². The van der Waals surface area contributed by atoms with Crippen molar-refractivity contribution in [1.29, 1.82) is 0 Å². The number of nitrogens with one attached hydrogen (secondary N) is 1. The SMILES string of the molecule is Cc1ccc(S(=O)(=O)[N-]c2nc(C)cc(NCC[NH3+])n2)cc1. The van der Waals surface area contributed by atoms with E-state index < -0.39 is 10.0 Å². The molecule has 1 heterocycles.